The van der Waals surface area contributed by atoms with Gasteiger partial charge < -0.3 is 15.4 Å². The molecule has 0 amide bonds. The van der Waals surface area contributed by atoms with E-state index in [-0.39, 0.29) is 11.8 Å². The third-order valence-electron chi connectivity index (χ3n) is 3.53. The second kappa shape index (κ2) is 7.00. The minimum absolute atomic E-state index is 0.119. The lowest BCUT2D eigenvalue weighted by Crippen LogP contribution is -2.20. The van der Waals surface area contributed by atoms with Crippen LogP contribution in [0.4, 0.5) is 30.6 Å². The van der Waals surface area contributed by atoms with Gasteiger partial charge in [0, 0.05) is 18.8 Å². The topological polar surface area (TPSA) is 72.0 Å². The molecule has 0 bridgehead atoms. The second-order valence-electron chi connectivity index (χ2n) is 5.38. The van der Waals surface area contributed by atoms with E-state index in [1.54, 1.807) is 0 Å². The van der Waals surface area contributed by atoms with Gasteiger partial charge in [-0.15, -0.1) is 5.10 Å². The van der Waals surface area contributed by atoms with Crippen molar-refractivity contribution in [2.75, 3.05) is 23.8 Å². The van der Waals surface area contributed by atoms with Crippen LogP contribution in [0.1, 0.15) is 18.4 Å². The van der Waals surface area contributed by atoms with Crippen LogP contribution in [0.2, 0.25) is 0 Å². The minimum atomic E-state index is -4.39. The predicted octanol–water partition coefficient (Wildman–Crippen LogP) is 3.22. The lowest BCUT2D eigenvalue weighted by atomic mass is 10.2. The molecule has 2 N–H and O–H groups in total. The fourth-order valence-corrected chi connectivity index (χ4v) is 2.37. The van der Waals surface area contributed by atoms with Crippen molar-refractivity contribution in [2.45, 2.75) is 25.1 Å². The SMILES string of the molecule is FC(F)(F)c1cccc(Nc2cnnc(NCC3CCCO3)n2)c1. The third kappa shape index (κ3) is 4.31. The van der Waals surface area contributed by atoms with Crippen molar-refractivity contribution in [1.29, 1.82) is 0 Å². The van der Waals surface area contributed by atoms with Gasteiger partial charge in [0.1, 0.15) is 0 Å². The molecule has 1 aromatic carbocycles. The number of hydrogen-bond donors (Lipinski definition) is 2. The molecule has 9 heteroatoms. The Hall–Kier alpha value is -2.42. The number of benzene rings is 1. The molecule has 24 heavy (non-hydrogen) atoms. The van der Waals surface area contributed by atoms with Crippen LogP contribution in [0, 0.1) is 0 Å². The lowest BCUT2D eigenvalue weighted by Gasteiger charge is -2.12. The van der Waals surface area contributed by atoms with Gasteiger partial charge in [0.2, 0.25) is 5.95 Å². The molecule has 1 unspecified atom stereocenters. The molecule has 0 spiro atoms. The van der Waals surface area contributed by atoms with Crippen molar-refractivity contribution < 1.29 is 17.9 Å². The van der Waals surface area contributed by atoms with Gasteiger partial charge in [0.05, 0.1) is 17.9 Å². The molecule has 1 aliphatic heterocycles. The average molecular weight is 339 g/mol. The molecule has 1 fully saturated rings. The highest BCUT2D eigenvalue weighted by molar-refractivity contribution is 5.57. The molecule has 1 saturated heterocycles. The maximum absolute atomic E-state index is 12.7. The first-order chi connectivity index (χ1) is 11.5. The summed E-state index contributed by atoms with van der Waals surface area (Å²) in [4.78, 5) is 4.19. The summed E-state index contributed by atoms with van der Waals surface area (Å²) in [5.41, 5.74) is -0.457. The zero-order valence-electron chi connectivity index (χ0n) is 12.7. The fourth-order valence-electron chi connectivity index (χ4n) is 2.37. The number of halogens is 3. The monoisotopic (exact) mass is 339 g/mol. The molecule has 1 atom stereocenters. The summed E-state index contributed by atoms with van der Waals surface area (Å²) >= 11 is 0. The molecule has 2 heterocycles. The zero-order valence-corrected chi connectivity index (χ0v) is 12.7. The van der Waals surface area contributed by atoms with Crippen LogP contribution in [0.5, 0.6) is 0 Å². The third-order valence-corrected chi connectivity index (χ3v) is 3.53. The summed E-state index contributed by atoms with van der Waals surface area (Å²) in [7, 11) is 0. The van der Waals surface area contributed by atoms with Crippen molar-refractivity contribution in [2.24, 2.45) is 0 Å². The van der Waals surface area contributed by atoms with Gasteiger partial charge in [-0.2, -0.15) is 23.3 Å². The zero-order chi connectivity index (χ0) is 17.0. The number of aromatic nitrogens is 3. The highest BCUT2D eigenvalue weighted by Gasteiger charge is 2.30. The quantitative estimate of drug-likeness (QED) is 0.871. The van der Waals surface area contributed by atoms with E-state index in [1.807, 2.05) is 0 Å². The Morgan fingerprint density at radius 2 is 2.17 bits per heavy atom. The largest absolute Gasteiger partial charge is 0.416 e. The molecular formula is C15H16F3N5O. The van der Waals surface area contributed by atoms with E-state index >= 15 is 0 Å². The summed E-state index contributed by atoms with van der Waals surface area (Å²) in [6, 6.07) is 4.88. The Balaban J connectivity index is 1.66. The van der Waals surface area contributed by atoms with Gasteiger partial charge in [-0.25, -0.2) is 0 Å². The first-order valence-corrected chi connectivity index (χ1v) is 7.50. The first kappa shape index (κ1) is 16.4. The Morgan fingerprint density at radius 3 is 2.92 bits per heavy atom. The summed E-state index contributed by atoms with van der Waals surface area (Å²) < 4.78 is 43.7. The molecule has 2 aromatic rings. The lowest BCUT2D eigenvalue weighted by molar-refractivity contribution is -0.137. The van der Waals surface area contributed by atoms with Crippen LogP contribution in [0.25, 0.3) is 0 Å². The van der Waals surface area contributed by atoms with Crippen molar-refractivity contribution >= 4 is 17.5 Å². The van der Waals surface area contributed by atoms with E-state index in [9.17, 15) is 13.2 Å². The summed E-state index contributed by atoms with van der Waals surface area (Å²) in [5.74, 6) is 0.599. The van der Waals surface area contributed by atoms with Crippen LogP contribution in [0.3, 0.4) is 0 Å². The predicted molar refractivity (Wildman–Crippen MR) is 82.0 cm³/mol. The van der Waals surface area contributed by atoms with Gasteiger partial charge in [-0.3, -0.25) is 0 Å². The van der Waals surface area contributed by atoms with E-state index in [2.05, 4.69) is 25.8 Å². The summed E-state index contributed by atoms with van der Waals surface area (Å²) in [5, 5.41) is 13.5. The summed E-state index contributed by atoms with van der Waals surface area (Å²) in [6.07, 6.45) is -0.924. The Labute approximate surface area is 136 Å². The first-order valence-electron chi connectivity index (χ1n) is 7.50. The number of nitrogens with zero attached hydrogens (tertiary/aromatic N) is 3. The number of nitrogens with one attached hydrogen (secondary N) is 2. The van der Waals surface area contributed by atoms with E-state index in [4.69, 9.17) is 4.74 Å². The Morgan fingerprint density at radius 1 is 1.29 bits per heavy atom. The van der Waals surface area contributed by atoms with Crippen LogP contribution in [0.15, 0.2) is 30.5 Å². The van der Waals surface area contributed by atoms with E-state index in [0.29, 0.717) is 18.3 Å². The fraction of sp³-hybridized carbons (Fsp3) is 0.400. The molecular weight excluding hydrogens is 323 g/mol. The maximum Gasteiger partial charge on any atom is 0.416 e. The Bertz CT molecular complexity index is 689. The number of rotatable bonds is 5. The molecule has 0 saturated carbocycles. The van der Waals surface area contributed by atoms with Crippen LogP contribution >= 0.6 is 0 Å². The average Bonchev–Trinajstić information content (AvgIpc) is 3.06. The standard InChI is InChI=1S/C15H16F3N5O/c16-15(17,18)10-3-1-4-11(7-10)21-13-9-20-23-14(22-13)19-8-12-5-2-6-24-12/h1,3-4,7,9,12H,2,5-6,8H2,(H2,19,21,22,23). The van der Waals surface area contributed by atoms with Crippen molar-refractivity contribution in [3.05, 3.63) is 36.0 Å². The molecule has 1 aromatic heterocycles. The van der Waals surface area contributed by atoms with Crippen molar-refractivity contribution in [3.63, 3.8) is 0 Å². The normalized spacial score (nSPS) is 17.7. The van der Waals surface area contributed by atoms with Crippen LogP contribution < -0.4 is 10.6 Å². The second-order valence-corrected chi connectivity index (χ2v) is 5.38. The van der Waals surface area contributed by atoms with Gasteiger partial charge in [-0.05, 0) is 31.0 Å². The van der Waals surface area contributed by atoms with Gasteiger partial charge >= 0.3 is 6.18 Å². The number of ether oxygens (including phenoxy) is 1. The molecule has 1 aliphatic rings. The molecule has 128 valence electrons. The van der Waals surface area contributed by atoms with Crippen molar-refractivity contribution in [3.8, 4) is 0 Å². The van der Waals surface area contributed by atoms with Gasteiger partial charge in [-0.1, -0.05) is 6.07 Å². The molecule has 0 aliphatic carbocycles. The molecule has 3 rings (SSSR count). The Kier molecular flexibility index (Phi) is 4.79. The highest BCUT2D eigenvalue weighted by atomic mass is 19.4. The van der Waals surface area contributed by atoms with E-state index in [1.165, 1.54) is 18.3 Å². The van der Waals surface area contributed by atoms with E-state index in [0.717, 1.165) is 31.6 Å². The molecule has 0 radical (unpaired) electrons. The van der Waals surface area contributed by atoms with Gasteiger partial charge in [0.25, 0.3) is 0 Å². The number of alkyl halides is 3. The van der Waals surface area contributed by atoms with Crippen LogP contribution in [-0.2, 0) is 10.9 Å². The summed E-state index contributed by atoms with van der Waals surface area (Å²) in [6.45, 7) is 1.32. The van der Waals surface area contributed by atoms with Crippen LogP contribution in [-0.4, -0.2) is 34.4 Å². The number of anilines is 3. The minimum Gasteiger partial charge on any atom is -0.376 e. The highest BCUT2D eigenvalue weighted by Crippen LogP contribution is 2.31. The maximum atomic E-state index is 12.7. The number of hydrogen-bond acceptors (Lipinski definition) is 6. The van der Waals surface area contributed by atoms with Gasteiger partial charge in [0.15, 0.2) is 5.82 Å². The van der Waals surface area contributed by atoms with E-state index < -0.39 is 11.7 Å². The van der Waals surface area contributed by atoms with Crippen molar-refractivity contribution in [1.82, 2.24) is 15.2 Å². The molecule has 6 nitrogen and oxygen atoms in total. The smallest absolute Gasteiger partial charge is 0.376 e.